The molecule has 0 radical (unpaired) electrons. The molecule has 0 atom stereocenters. The highest BCUT2D eigenvalue weighted by Gasteiger charge is 2.33. The monoisotopic (exact) mass is 426 g/mol. The molecule has 2 amide bonds. The lowest BCUT2D eigenvalue weighted by Gasteiger charge is -2.32. The molecule has 10 heteroatoms. The first-order chi connectivity index (χ1) is 13.7. The van der Waals surface area contributed by atoms with Crippen LogP contribution in [-0.4, -0.2) is 29.9 Å². The molecule has 1 aromatic carbocycles. The maximum Gasteiger partial charge on any atom is 0.417 e. The molecule has 1 aliphatic heterocycles. The number of anilines is 2. The molecule has 2 heterocycles. The second kappa shape index (κ2) is 8.28. The number of nitrogens with one attached hydrogen (secondary N) is 1. The van der Waals surface area contributed by atoms with Gasteiger partial charge in [-0.1, -0.05) is 23.7 Å². The van der Waals surface area contributed by atoms with Crippen LogP contribution in [0.3, 0.4) is 0 Å². The van der Waals surface area contributed by atoms with E-state index in [9.17, 15) is 22.8 Å². The van der Waals surface area contributed by atoms with Gasteiger partial charge in [-0.15, -0.1) is 0 Å². The summed E-state index contributed by atoms with van der Waals surface area (Å²) in [7, 11) is 0. The average molecular weight is 427 g/mol. The average Bonchev–Trinajstić information content (AvgIpc) is 2.67. The number of carbonyl (C=O) groups is 2. The van der Waals surface area contributed by atoms with Crippen LogP contribution < -0.4 is 16.0 Å². The molecule has 3 rings (SSSR count). The van der Waals surface area contributed by atoms with E-state index in [1.165, 1.54) is 6.07 Å². The number of hydrogen-bond donors (Lipinski definition) is 2. The Morgan fingerprint density at radius 1 is 1.21 bits per heavy atom. The van der Waals surface area contributed by atoms with E-state index in [-0.39, 0.29) is 28.2 Å². The Morgan fingerprint density at radius 3 is 2.45 bits per heavy atom. The number of alkyl halides is 3. The molecule has 6 nitrogen and oxygen atoms in total. The fourth-order valence-corrected chi connectivity index (χ4v) is 3.50. The first kappa shape index (κ1) is 20.9. The van der Waals surface area contributed by atoms with Crippen LogP contribution >= 0.6 is 11.6 Å². The van der Waals surface area contributed by atoms with Crippen molar-refractivity contribution in [2.45, 2.75) is 19.0 Å². The van der Waals surface area contributed by atoms with Crippen molar-refractivity contribution < 1.29 is 22.8 Å². The topological polar surface area (TPSA) is 88.3 Å². The predicted octanol–water partition coefficient (Wildman–Crippen LogP) is 3.71. The van der Waals surface area contributed by atoms with Crippen LogP contribution in [0.4, 0.5) is 24.7 Å². The van der Waals surface area contributed by atoms with Crippen molar-refractivity contribution >= 4 is 34.9 Å². The molecule has 1 aromatic heterocycles. The van der Waals surface area contributed by atoms with E-state index in [2.05, 4.69) is 10.3 Å². The van der Waals surface area contributed by atoms with Crippen molar-refractivity contribution in [1.82, 2.24) is 4.98 Å². The molecule has 29 heavy (non-hydrogen) atoms. The normalized spacial score (nSPS) is 15.2. The summed E-state index contributed by atoms with van der Waals surface area (Å²) >= 11 is 5.99. The van der Waals surface area contributed by atoms with E-state index < -0.39 is 17.6 Å². The molecule has 0 saturated carbocycles. The van der Waals surface area contributed by atoms with Gasteiger partial charge in [-0.3, -0.25) is 9.59 Å². The fraction of sp³-hybridized carbons (Fsp3) is 0.316. The second-order valence-electron chi connectivity index (χ2n) is 6.69. The number of nitrogens with two attached hydrogens (primary N) is 1. The maximum atomic E-state index is 12.8. The first-order valence-electron chi connectivity index (χ1n) is 8.84. The molecule has 154 valence electrons. The van der Waals surface area contributed by atoms with Gasteiger partial charge in [0.05, 0.1) is 21.8 Å². The Balaban J connectivity index is 1.64. The molecule has 0 aliphatic carbocycles. The number of piperidine rings is 1. The molecule has 1 saturated heterocycles. The summed E-state index contributed by atoms with van der Waals surface area (Å²) < 4.78 is 38.3. The van der Waals surface area contributed by atoms with E-state index in [4.69, 9.17) is 17.3 Å². The van der Waals surface area contributed by atoms with Crippen LogP contribution in [0.15, 0.2) is 36.5 Å². The van der Waals surface area contributed by atoms with E-state index in [1.54, 1.807) is 23.1 Å². The number of benzene rings is 1. The molecule has 3 N–H and O–H groups in total. The lowest BCUT2D eigenvalue weighted by Crippen LogP contribution is -2.39. The molecule has 0 unspecified atom stereocenters. The number of hydrogen-bond acceptors (Lipinski definition) is 4. The standard InChI is InChI=1S/C19H18ClF3N4O2/c20-14-9-12(19(21,22)23)10-25-17(14)27-7-5-11(6-8-27)18(29)26-15-4-2-1-3-13(15)16(24)28/h1-4,9-11H,5-8H2,(H2,24,28)(H,26,29). The van der Waals surface area contributed by atoms with Gasteiger partial charge in [0, 0.05) is 25.2 Å². The smallest absolute Gasteiger partial charge is 0.366 e. The Morgan fingerprint density at radius 2 is 1.86 bits per heavy atom. The molecular weight excluding hydrogens is 409 g/mol. The third-order valence-electron chi connectivity index (χ3n) is 4.76. The van der Waals surface area contributed by atoms with Gasteiger partial charge >= 0.3 is 6.18 Å². The molecule has 0 bridgehead atoms. The minimum absolute atomic E-state index is 0.0851. The number of aromatic nitrogens is 1. The molecule has 0 spiro atoms. The molecule has 1 aliphatic rings. The van der Waals surface area contributed by atoms with Crippen LogP contribution in [0.5, 0.6) is 0 Å². The Kier molecular flexibility index (Phi) is 5.97. The lowest BCUT2D eigenvalue weighted by molar-refractivity contribution is -0.137. The number of nitrogens with zero attached hydrogens (tertiary/aromatic N) is 2. The molecule has 2 aromatic rings. The van der Waals surface area contributed by atoms with Gasteiger partial charge in [0.2, 0.25) is 5.91 Å². The van der Waals surface area contributed by atoms with Crippen molar-refractivity contribution in [3.63, 3.8) is 0 Å². The first-order valence-corrected chi connectivity index (χ1v) is 9.22. The van der Waals surface area contributed by atoms with Gasteiger partial charge in [-0.2, -0.15) is 13.2 Å². The number of para-hydroxylation sites is 1. The van der Waals surface area contributed by atoms with E-state index in [1.807, 2.05) is 0 Å². The second-order valence-corrected chi connectivity index (χ2v) is 7.09. The zero-order valence-corrected chi connectivity index (χ0v) is 15.9. The van der Waals surface area contributed by atoms with Gasteiger partial charge in [-0.25, -0.2) is 4.98 Å². The van der Waals surface area contributed by atoms with Gasteiger partial charge in [0.25, 0.3) is 5.91 Å². The van der Waals surface area contributed by atoms with Crippen LogP contribution in [0.25, 0.3) is 0 Å². The van der Waals surface area contributed by atoms with Crippen molar-refractivity contribution in [1.29, 1.82) is 0 Å². The van der Waals surface area contributed by atoms with Gasteiger partial charge < -0.3 is 16.0 Å². The quantitative estimate of drug-likeness (QED) is 0.780. The van der Waals surface area contributed by atoms with Gasteiger partial charge in [-0.05, 0) is 31.0 Å². The minimum Gasteiger partial charge on any atom is -0.366 e. The van der Waals surface area contributed by atoms with Crippen molar-refractivity contribution in [3.05, 3.63) is 52.7 Å². The summed E-state index contributed by atoms with van der Waals surface area (Å²) in [5.74, 6) is -0.943. The molecule has 1 fully saturated rings. The van der Waals surface area contributed by atoms with Gasteiger partial charge in [0.1, 0.15) is 5.82 Å². The fourth-order valence-electron chi connectivity index (χ4n) is 3.21. The number of halogens is 4. The number of primary amides is 1. The van der Waals surface area contributed by atoms with E-state index in [0.717, 1.165) is 12.3 Å². The van der Waals surface area contributed by atoms with Crippen molar-refractivity contribution in [2.75, 3.05) is 23.3 Å². The summed E-state index contributed by atoms with van der Waals surface area (Å²) in [6.45, 7) is 0.821. The van der Waals surface area contributed by atoms with Crippen LogP contribution in [-0.2, 0) is 11.0 Å². The zero-order chi connectivity index (χ0) is 21.2. The van der Waals surface area contributed by atoms with Crippen LogP contribution in [0, 0.1) is 5.92 Å². The summed E-state index contributed by atoms with van der Waals surface area (Å²) in [4.78, 5) is 29.6. The Labute approximate surface area is 169 Å². The largest absolute Gasteiger partial charge is 0.417 e. The zero-order valence-electron chi connectivity index (χ0n) is 15.2. The highest BCUT2D eigenvalue weighted by molar-refractivity contribution is 6.33. The maximum absolute atomic E-state index is 12.8. The Hall–Kier alpha value is -2.81. The van der Waals surface area contributed by atoms with Crippen LogP contribution in [0.2, 0.25) is 5.02 Å². The predicted molar refractivity (Wildman–Crippen MR) is 103 cm³/mol. The number of amides is 2. The van der Waals surface area contributed by atoms with E-state index >= 15 is 0 Å². The minimum atomic E-state index is -4.51. The van der Waals surface area contributed by atoms with Crippen LogP contribution in [0.1, 0.15) is 28.8 Å². The summed E-state index contributed by atoms with van der Waals surface area (Å²) in [5, 5.41) is 2.64. The highest BCUT2D eigenvalue weighted by atomic mass is 35.5. The summed E-state index contributed by atoms with van der Waals surface area (Å²) in [5.41, 5.74) is 4.98. The number of carbonyl (C=O) groups excluding carboxylic acids is 2. The van der Waals surface area contributed by atoms with E-state index in [0.29, 0.717) is 31.6 Å². The van der Waals surface area contributed by atoms with Crippen molar-refractivity contribution in [2.24, 2.45) is 11.7 Å². The number of rotatable bonds is 4. The lowest BCUT2D eigenvalue weighted by atomic mass is 9.95. The third-order valence-corrected chi connectivity index (χ3v) is 5.04. The highest BCUT2D eigenvalue weighted by Crippen LogP contribution is 2.34. The van der Waals surface area contributed by atoms with Crippen molar-refractivity contribution in [3.8, 4) is 0 Å². The third kappa shape index (κ3) is 4.79. The molecular formula is C19H18ClF3N4O2. The number of pyridine rings is 1. The Bertz CT molecular complexity index is 928. The summed E-state index contributed by atoms with van der Waals surface area (Å²) in [6.07, 6.45) is -2.84. The SMILES string of the molecule is NC(=O)c1ccccc1NC(=O)C1CCN(c2ncc(C(F)(F)F)cc2Cl)CC1. The summed E-state index contributed by atoms with van der Waals surface area (Å²) in [6, 6.07) is 7.30. The van der Waals surface area contributed by atoms with Gasteiger partial charge in [0.15, 0.2) is 0 Å².